The van der Waals surface area contributed by atoms with Crippen LogP contribution < -0.4 is 10.5 Å². The van der Waals surface area contributed by atoms with Gasteiger partial charge in [-0.15, -0.1) is 0 Å². The zero-order chi connectivity index (χ0) is 13.6. The number of hydrogen-bond donors (Lipinski definition) is 1. The quantitative estimate of drug-likeness (QED) is 0.789. The Kier molecular flexibility index (Phi) is 5.63. The highest BCUT2D eigenvalue weighted by Gasteiger charge is 2.09. The fourth-order valence-electron chi connectivity index (χ4n) is 1.55. The first-order valence-corrected chi connectivity index (χ1v) is 6.54. The highest BCUT2D eigenvalue weighted by Crippen LogP contribution is 2.18. The van der Waals surface area contributed by atoms with Crippen molar-refractivity contribution in [2.75, 3.05) is 13.2 Å². The van der Waals surface area contributed by atoms with Gasteiger partial charge in [0.2, 0.25) is 0 Å². The summed E-state index contributed by atoms with van der Waals surface area (Å²) in [5.74, 6) is 0.861. The van der Waals surface area contributed by atoms with E-state index in [1.807, 2.05) is 45.0 Å². The van der Waals surface area contributed by atoms with Crippen molar-refractivity contribution >= 4 is 0 Å². The number of nitrogens with two attached hydrogens (primary N) is 1. The van der Waals surface area contributed by atoms with Gasteiger partial charge in [0, 0.05) is 6.04 Å². The Bertz CT molecular complexity index is 341. The van der Waals surface area contributed by atoms with Crippen molar-refractivity contribution in [2.24, 2.45) is 5.73 Å². The molecule has 1 atom stereocenters. The van der Waals surface area contributed by atoms with E-state index in [0.717, 1.165) is 17.7 Å². The largest absolute Gasteiger partial charge is 0.491 e. The maximum Gasteiger partial charge on any atom is 0.119 e. The van der Waals surface area contributed by atoms with Gasteiger partial charge in [0.1, 0.15) is 12.4 Å². The minimum Gasteiger partial charge on any atom is -0.491 e. The first-order chi connectivity index (χ1) is 8.42. The predicted molar refractivity (Wildman–Crippen MR) is 74.9 cm³/mol. The normalized spacial score (nSPS) is 13.4. The monoisotopic (exact) mass is 251 g/mol. The minimum absolute atomic E-state index is 0.110. The molecule has 1 unspecified atom stereocenters. The standard InChI is InChI=1S/C15H25NO2/c1-5-14(16)12-6-8-13(9-7-12)17-10-11-18-15(2,3)4/h6-9,14H,5,10-11,16H2,1-4H3. The van der Waals surface area contributed by atoms with E-state index in [1.165, 1.54) is 0 Å². The highest BCUT2D eigenvalue weighted by atomic mass is 16.5. The molecule has 0 saturated heterocycles. The molecule has 0 radical (unpaired) electrons. The molecule has 18 heavy (non-hydrogen) atoms. The van der Waals surface area contributed by atoms with Crippen molar-refractivity contribution in [3.05, 3.63) is 29.8 Å². The van der Waals surface area contributed by atoms with Crippen LogP contribution in [0.15, 0.2) is 24.3 Å². The van der Waals surface area contributed by atoms with Crippen LogP contribution >= 0.6 is 0 Å². The average Bonchev–Trinajstić information content (AvgIpc) is 2.33. The molecule has 1 aromatic carbocycles. The van der Waals surface area contributed by atoms with Crippen LogP contribution in [0, 0.1) is 0 Å². The molecular weight excluding hydrogens is 226 g/mol. The molecule has 0 aliphatic rings. The van der Waals surface area contributed by atoms with E-state index in [4.69, 9.17) is 15.2 Å². The van der Waals surface area contributed by atoms with Crippen molar-refractivity contribution in [3.63, 3.8) is 0 Å². The number of ether oxygens (including phenoxy) is 2. The van der Waals surface area contributed by atoms with Gasteiger partial charge in [0.15, 0.2) is 0 Å². The first-order valence-electron chi connectivity index (χ1n) is 6.54. The summed E-state index contributed by atoms with van der Waals surface area (Å²) < 4.78 is 11.2. The fraction of sp³-hybridized carbons (Fsp3) is 0.600. The molecule has 0 saturated carbocycles. The van der Waals surface area contributed by atoms with Gasteiger partial charge in [0.25, 0.3) is 0 Å². The third-order valence-electron chi connectivity index (χ3n) is 2.64. The molecule has 0 bridgehead atoms. The third kappa shape index (κ3) is 5.52. The van der Waals surface area contributed by atoms with Gasteiger partial charge < -0.3 is 15.2 Å². The van der Waals surface area contributed by atoms with Gasteiger partial charge in [-0.3, -0.25) is 0 Å². The van der Waals surface area contributed by atoms with Crippen molar-refractivity contribution in [1.29, 1.82) is 0 Å². The summed E-state index contributed by atoms with van der Waals surface area (Å²) in [6, 6.07) is 8.08. The first kappa shape index (κ1) is 15.0. The van der Waals surface area contributed by atoms with Crippen LogP contribution in [-0.4, -0.2) is 18.8 Å². The lowest BCUT2D eigenvalue weighted by atomic mass is 10.1. The predicted octanol–water partition coefficient (Wildman–Crippen LogP) is 3.29. The van der Waals surface area contributed by atoms with Gasteiger partial charge in [-0.2, -0.15) is 0 Å². The Balaban J connectivity index is 2.35. The van der Waals surface area contributed by atoms with E-state index in [0.29, 0.717) is 13.2 Å². The van der Waals surface area contributed by atoms with Crippen LogP contribution in [0.5, 0.6) is 5.75 Å². The molecule has 1 rings (SSSR count). The molecular formula is C15H25NO2. The van der Waals surface area contributed by atoms with E-state index in [-0.39, 0.29) is 11.6 Å². The maximum absolute atomic E-state index is 5.95. The van der Waals surface area contributed by atoms with E-state index in [1.54, 1.807) is 0 Å². The SMILES string of the molecule is CCC(N)c1ccc(OCCOC(C)(C)C)cc1. The van der Waals surface area contributed by atoms with Crippen LogP contribution in [0.1, 0.15) is 45.7 Å². The van der Waals surface area contributed by atoms with Gasteiger partial charge in [-0.05, 0) is 44.9 Å². The van der Waals surface area contributed by atoms with Crippen LogP contribution in [0.3, 0.4) is 0 Å². The van der Waals surface area contributed by atoms with Crippen LogP contribution in [0.2, 0.25) is 0 Å². The van der Waals surface area contributed by atoms with E-state index < -0.39 is 0 Å². The molecule has 0 aromatic heterocycles. The van der Waals surface area contributed by atoms with Crippen molar-refractivity contribution in [3.8, 4) is 5.75 Å². The van der Waals surface area contributed by atoms with E-state index in [9.17, 15) is 0 Å². The van der Waals surface area contributed by atoms with Gasteiger partial charge in [-0.25, -0.2) is 0 Å². The fourth-order valence-corrected chi connectivity index (χ4v) is 1.55. The minimum atomic E-state index is -0.110. The number of benzene rings is 1. The Labute approximate surface area is 110 Å². The summed E-state index contributed by atoms with van der Waals surface area (Å²) in [6.07, 6.45) is 0.944. The lowest BCUT2D eigenvalue weighted by Gasteiger charge is -2.19. The molecule has 0 spiro atoms. The summed E-state index contributed by atoms with van der Waals surface area (Å²) in [6.45, 7) is 9.35. The highest BCUT2D eigenvalue weighted by molar-refractivity contribution is 5.28. The van der Waals surface area contributed by atoms with Crippen molar-refractivity contribution < 1.29 is 9.47 Å². The molecule has 3 nitrogen and oxygen atoms in total. The zero-order valence-electron chi connectivity index (χ0n) is 11.9. The Morgan fingerprint density at radius 2 is 1.72 bits per heavy atom. The van der Waals surface area contributed by atoms with Gasteiger partial charge >= 0.3 is 0 Å². The second-order valence-electron chi connectivity index (χ2n) is 5.39. The zero-order valence-corrected chi connectivity index (χ0v) is 11.9. The lowest BCUT2D eigenvalue weighted by Crippen LogP contribution is -2.22. The van der Waals surface area contributed by atoms with Crippen LogP contribution in [-0.2, 0) is 4.74 Å². The number of rotatable bonds is 6. The topological polar surface area (TPSA) is 44.5 Å². The van der Waals surface area contributed by atoms with Crippen molar-refractivity contribution in [1.82, 2.24) is 0 Å². The third-order valence-corrected chi connectivity index (χ3v) is 2.64. The summed E-state index contributed by atoms with van der Waals surface area (Å²) >= 11 is 0. The Morgan fingerprint density at radius 3 is 2.22 bits per heavy atom. The maximum atomic E-state index is 5.95. The molecule has 0 aliphatic carbocycles. The van der Waals surface area contributed by atoms with E-state index in [2.05, 4.69) is 6.92 Å². The average molecular weight is 251 g/mol. The molecule has 0 amide bonds. The molecule has 102 valence electrons. The van der Waals surface area contributed by atoms with E-state index >= 15 is 0 Å². The second kappa shape index (κ2) is 6.76. The molecule has 2 N–H and O–H groups in total. The smallest absolute Gasteiger partial charge is 0.119 e. The summed E-state index contributed by atoms with van der Waals surface area (Å²) in [4.78, 5) is 0. The lowest BCUT2D eigenvalue weighted by molar-refractivity contribution is -0.0163. The summed E-state index contributed by atoms with van der Waals surface area (Å²) in [5.41, 5.74) is 6.99. The van der Waals surface area contributed by atoms with Crippen LogP contribution in [0.25, 0.3) is 0 Å². The second-order valence-corrected chi connectivity index (χ2v) is 5.39. The van der Waals surface area contributed by atoms with Gasteiger partial charge in [-0.1, -0.05) is 19.1 Å². The summed E-state index contributed by atoms with van der Waals surface area (Å²) in [7, 11) is 0. The Hall–Kier alpha value is -1.06. The van der Waals surface area contributed by atoms with Gasteiger partial charge in [0.05, 0.1) is 12.2 Å². The van der Waals surface area contributed by atoms with Crippen LogP contribution in [0.4, 0.5) is 0 Å². The molecule has 0 aliphatic heterocycles. The van der Waals surface area contributed by atoms with Crippen molar-refractivity contribution in [2.45, 2.75) is 45.8 Å². The summed E-state index contributed by atoms with van der Waals surface area (Å²) in [5, 5.41) is 0. The molecule has 1 aromatic rings. The molecule has 0 fully saturated rings. The molecule has 0 heterocycles. The number of hydrogen-bond acceptors (Lipinski definition) is 3. The molecule has 3 heteroatoms. The Morgan fingerprint density at radius 1 is 1.11 bits per heavy atom.